The largest absolute Gasteiger partial charge is 0.506 e. The number of morpholine rings is 1. The van der Waals surface area contributed by atoms with Gasteiger partial charge in [-0.3, -0.25) is 9.78 Å². The molecule has 0 aromatic carbocycles. The first-order valence-electron chi connectivity index (χ1n) is 7.85. The van der Waals surface area contributed by atoms with Gasteiger partial charge < -0.3 is 19.6 Å². The van der Waals surface area contributed by atoms with Gasteiger partial charge in [-0.2, -0.15) is 0 Å². The van der Waals surface area contributed by atoms with E-state index in [1.165, 1.54) is 31.3 Å². The minimum absolute atomic E-state index is 0.0193. The van der Waals surface area contributed by atoms with Gasteiger partial charge in [0, 0.05) is 32.4 Å². The van der Waals surface area contributed by atoms with Crippen molar-refractivity contribution in [3.05, 3.63) is 24.0 Å². The zero-order chi connectivity index (χ0) is 15.5. The lowest BCUT2D eigenvalue weighted by Gasteiger charge is -2.34. The third kappa shape index (κ3) is 3.96. The molecule has 1 saturated heterocycles. The summed E-state index contributed by atoms with van der Waals surface area (Å²) in [5, 5.41) is 9.53. The highest BCUT2D eigenvalue weighted by Gasteiger charge is 2.30. The van der Waals surface area contributed by atoms with E-state index in [1.54, 1.807) is 0 Å². The number of hydrogen-bond donors (Lipinski definition) is 1. The van der Waals surface area contributed by atoms with Crippen LogP contribution in [-0.4, -0.2) is 71.7 Å². The highest BCUT2D eigenvalue weighted by atomic mass is 16.5. The molecule has 2 fully saturated rings. The molecule has 2 aliphatic rings. The predicted molar refractivity (Wildman–Crippen MR) is 81.8 cm³/mol. The molecule has 1 amide bonds. The molecule has 1 N–H and O–H groups in total. The Morgan fingerprint density at radius 3 is 2.95 bits per heavy atom. The summed E-state index contributed by atoms with van der Waals surface area (Å²) in [5.74, 6) is 0.550. The van der Waals surface area contributed by atoms with Crippen LogP contribution in [0.2, 0.25) is 0 Å². The van der Waals surface area contributed by atoms with Gasteiger partial charge in [-0.1, -0.05) is 0 Å². The normalized spacial score (nSPS) is 22.5. The number of likely N-dealkylation sites (N-methyl/N-ethyl adjacent to an activating group) is 1. The highest BCUT2D eigenvalue weighted by molar-refractivity contribution is 5.94. The lowest BCUT2D eigenvalue weighted by Crippen LogP contribution is -2.48. The average molecular weight is 305 g/mol. The minimum atomic E-state index is -0.0767. The molecule has 1 aromatic rings. The Bertz CT molecular complexity index is 533. The second-order valence-electron chi connectivity index (χ2n) is 6.34. The third-order valence-electron chi connectivity index (χ3n) is 4.20. The zero-order valence-corrected chi connectivity index (χ0v) is 12.9. The van der Waals surface area contributed by atoms with Gasteiger partial charge in [0.1, 0.15) is 5.75 Å². The van der Waals surface area contributed by atoms with Crippen LogP contribution in [0.5, 0.6) is 5.75 Å². The van der Waals surface area contributed by atoms with Crippen molar-refractivity contribution in [1.82, 2.24) is 14.8 Å². The average Bonchev–Trinajstić information content (AvgIpc) is 3.30. The Balaban J connectivity index is 1.69. The molecule has 1 saturated carbocycles. The van der Waals surface area contributed by atoms with E-state index in [9.17, 15) is 9.90 Å². The molecule has 1 aliphatic heterocycles. The summed E-state index contributed by atoms with van der Waals surface area (Å²) in [6.45, 7) is 3.84. The van der Waals surface area contributed by atoms with E-state index in [4.69, 9.17) is 4.74 Å². The number of hydrogen-bond acceptors (Lipinski definition) is 5. The van der Waals surface area contributed by atoms with Gasteiger partial charge in [-0.25, -0.2) is 0 Å². The minimum Gasteiger partial charge on any atom is -0.506 e. The molecule has 3 rings (SSSR count). The number of aromatic nitrogens is 1. The number of aromatic hydroxyl groups is 1. The van der Waals surface area contributed by atoms with Crippen LogP contribution in [0.4, 0.5) is 0 Å². The first-order chi connectivity index (χ1) is 10.6. The highest BCUT2D eigenvalue weighted by Crippen LogP contribution is 2.30. The number of carbonyl (C=O) groups is 1. The van der Waals surface area contributed by atoms with Gasteiger partial charge in [-0.15, -0.1) is 0 Å². The Kier molecular flexibility index (Phi) is 4.59. The number of ether oxygens (including phenoxy) is 1. The van der Waals surface area contributed by atoms with Crippen molar-refractivity contribution in [3.63, 3.8) is 0 Å². The van der Waals surface area contributed by atoms with Crippen LogP contribution in [0.1, 0.15) is 23.2 Å². The topological polar surface area (TPSA) is 65.9 Å². The van der Waals surface area contributed by atoms with Crippen LogP contribution in [0.15, 0.2) is 18.5 Å². The monoisotopic (exact) mass is 305 g/mol. The van der Waals surface area contributed by atoms with Gasteiger partial charge in [0.15, 0.2) is 0 Å². The summed E-state index contributed by atoms with van der Waals surface area (Å²) in [5.41, 5.74) is 0.435. The lowest BCUT2D eigenvalue weighted by atomic mass is 10.2. The van der Waals surface area contributed by atoms with Crippen molar-refractivity contribution in [3.8, 4) is 5.75 Å². The Morgan fingerprint density at radius 2 is 2.27 bits per heavy atom. The summed E-state index contributed by atoms with van der Waals surface area (Å²) >= 11 is 0. The van der Waals surface area contributed by atoms with Crippen molar-refractivity contribution in [1.29, 1.82) is 0 Å². The van der Waals surface area contributed by atoms with Gasteiger partial charge in [0.05, 0.1) is 24.5 Å². The molecule has 6 heteroatoms. The van der Waals surface area contributed by atoms with Crippen molar-refractivity contribution >= 4 is 5.91 Å². The molecule has 22 heavy (non-hydrogen) atoms. The first-order valence-corrected chi connectivity index (χ1v) is 7.85. The van der Waals surface area contributed by atoms with Crippen LogP contribution < -0.4 is 0 Å². The van der Waals surface area contributed by atoms with E-state index in [1.807, 2.05) is 4.90 Å². The van der Waals surface area contributed by atoms with Crippen molar-refractivity contribution in [2.75, 3.05) is 39.8 Å². The van der Waals surface area contributed by atoms with Crippen LogP contribution in [-0.2, 0) is 4.74 Å². The van der Waals surface area contributed by atoms with E-state index in [0.29, 0.717) is 24.6 Å². The third-order valence-corrected chi connectivity index (χ3v) is 4.20. The standard InChI is InChI=1S/C16H23N3O3/c1-18-4-5-22-15(10-18)11-19(9-12-2-3-12)16(21)13-6-14(20)8-17-7-13/h6-8,12,15,20H,2-5,9-11H2,1H3/t15-/m1/s1. The fourth-order valence-corrected chi connectivity index (χ4v) is 2.80. The molecular formula is C16H23N3O3. The molecule has 6 nitrogen and oxygen atoms in total. The molecule has 0 spiro atoms. The quantitative estimate of drug-likeness (QED) is 0.878. The zero-order valence-electron chi connectivity index (χ0n) is 12.9. The van der Waals surface area contributed by atoms with Crippen LogP contribution in [0.3, 0.4) is 0 Å². The summed E-state index contributed by atoms with van der Waals surface area (Å²) in [4.78, 5) is 20.7. The fraction of sp³-hybridized carbons (Fsp3) is 0.625. The van der Waals surface area contributed by atoms with Gasteiger partial charge in [0.2, 0.25) is 0 Å². The van der Waals surface area contributed by atoms with Crippen LogP contribution >= 0.6 is 0 Å². The van der Waals surface area contributed by atoms with Crippen molar-refractivity contribution in [2.24, 2.45) is 5.92 Å². The summed E-state index contributed by atoms with van der Waals surface area (Å²) in [6, 6.07) is 1.48. The number of pyridine rings is 1. The second-order valence-corrected chi connectivity index (χ2v) is 6.34. The number of rotatable bonds is 5. The predicted octanol–water partition coefficient (Wildman–Crippen LogP) is 0.970. The number of nitrogens with zero attached hydrogens (tertiary/aromatic N) is 3. The van der Waals surface area contributed by atoms with Crippen molar-refractivity contribution < 1.29 is 14.6 Å². The molecule has 0 radical (unpaired) electrons. The van der Waals surface area contributed by atoms with E-state index in [0.717, 1.165) is 19.6 Å². The van der Waals surface area contributed by atoms with E-state index in [-0.39, 0.29) is 17.8 Å². The number of amides is 1. The van der Waals surface area contributed by atoms with Gasteiger partial charge in [0.25, 0.3) is 5.91 Å². The fourth-order valence-electron chi connectivity index (χ4n) is 2.80. The molecule has 1 aromatic heterocycles. The van der Waals surface area contributed by atoms with Crippen LogP contribution in [0.25, 0.3) is 0 Å². The number of carbonyl (C=O) groups excluding carboxylic acids is 1. The Labute approximate surface area is 130 Å². The summed E-state index contributed by atoms with van der Waals surface area (Å²) in [7, 11) is 2.07. The molecule has 1 atom stereocenters. The van der Waals surface area contributed by atoms with Crippen molar-refractivity contribution in [2.45, 2.75) is 18.9 Å². The molecule has 120 valence electrons. The van der Waals surface area contributed by atoms with E-state index < -0.39 is 0 Å². The molecule has 0 unspecified atom stereocenters. The molecule has 1 aliphatic carbocycles. The second kappa shape index (κ2) is 6.62. The first kappa shape index (κ1) is 15.2. The van der Waals surface area contributed by atoms with E-state index in [2.05, 4.69) is 16.9 Å². The summed E-state index contributed by atoms with van der Waals surface area (Å²) in [6.07, 6.45) is 5.27. The maximum atomic E-state index is 12.7. The maximum absolute atomic E-state index is 12.7. The summed E-state index contributed by atoms with van der Waals surface area (Å²) < 4.78 is 5.79. The van der Waals surface area contributed by atoms with Gasteiger partial charge in [-0.05, 0) is 31.9 Å². The Morgan fingerprint density at radius 1 is 1.45 bits per heavy atom. The van der Waals surface area contributed by atoms with Crippen LogP contribution in [0, 0.1) is 5.92 Å². The SMILES string of the molecule is CN1CCO[C@@H](CN(CC2CC2)C(=O)c2cncc(O)c2)C1. The lowest BCUT2D eigenvalue weighted by molar-refractivity contribution is -0.0331. The van der Waals surface area contributed by atoms with Gasteiger partial charge >= 0.3 is 0 Å². The molecular weight excluding hydrogens is 282 g/mol. The smallest absolute Gasteiger partial charge is 0.255 e. The maximum Gasteiger partial charge on any atom is 0.255 e. The molecule has 2 heterocycles. The molecule has 0 bridgehead atoms. The Hall–Kier alpha value is -1.66. The van der Waals surface area contributed by atoms with E-state index >= 15 is 0 Å².